The van der Waals surface area contributed by atoms with Gasteiger partial charge in [0.15, 0.2) is 5.65 Å². The number of aromatic amines is 1. The van der Waals surface area contributed by atoms with E-state index in [9.17, 15) is 14.4 Å². The first-order chi connectivity index (χ1) is 8.41. The molecule has 18 heavy (non-hydrogen) atoms. The molecular weight excluding hydrogens is 240 g/mol. The summed E-state index contributed by atoms with van der Waals surface area (Å²) in [6.07, 6.45) is 2.10. The summed E-state index contributed by atoms with van der Waals surface area (Å²) in [5.41, 5.74) is -0.652. The number of carbonyl (C=O) groups is 1. The first kappa shape index (κ1) is 11.8. The number of H-pyrrole nitrogens is 1. The average Bonchev–Trinajstić information content (AvgIpc) is 2.75. The largest absolute Gasteiger partial charge is 0.478 e. The van der Waals surface area contributed by atoms with Gasteiger partial charge in [-0.2, -0.15) is 0 Å². The van der Waals surface area contributed by atoms with E-state index in [4.69, 9.17) is 5.11 Å². The number of rotatable bonds is 2. The molecule has 8 nitrogen and oxygen atoms in total. The second-order valence-corrected chi connectivity index (χ2v) is 3.70. The molecule has 94 valence electrons. The zero-order valence-corrected chi connectivity index (χ0v) is 9.67. The highest BCUT2D eigenvalue weighted by molar-refractivity contribution is 5.85. The molecular formula is C10H10N4O4. The lowest BCUT2D eigenvalue weighted by atomic mass is 10.5. The summed E-state index contributed by atoms with van der Waals surface area (Å²) in [6, 6.07) is 0. The second-order valence-electron chi connectivity index (χ2n) is 3.70. The molecule has 2 heterocycles. The molecule has 2 rings (SSSR count). The third-order valence-corrected chi connectivity index (χ3v) is 2.50. The Balaban J connectivity index is 2.77. The lowest BCUT2D eigenvalue weighted by molar-refractivity contribution is -0.131. The normalized spacial score (nSPS) is 11.4. The van der Waals surface area contributed by atoms with E-state index in [1.165, 1.54) is 24.7 Å². The standard InChI is InChI=1S/C10H10N4O4/c1-13-8-7(9(17)14(2)10(13)18)11-5(12-8)3-4-6(15)16/h3-4H,1-2H3,(H,11,12)(H,15,16)/b4-3+. The van der Waals surface area contributed by atoms with Gasteiger partial charge >= 0.3 is 11.7 Å². The van der Waals surface area contributed by atoms with Gasteiger partial charge in [-0.3, -0.25) is 13.9 Å². The van der Waals surface area contributed by atoms with Crippen LogP contribution in [0.1, 0.15) is 5.82 Å². The highest BCUT2D eigenvalue weighted by atomic mass is 16.4. The van der Waals surface area contributed by atoms with Crippen molar-refractivity contribution < 1.29 is 9.90 Å². The minimum atomic E-state index is -1.13. The van der Waals surface area contributed by atoms with Crippen molar-refractivity contribution >= 4 is 23.2 Å². The predicted molar refractivity (Wildman–Crippen MR) is 63.2 cm³/mol. The van der Waals surface area contributed by atoms with Gasteiger partial charge in [-0.05, 0) is 6.08 Å². The molecule has 0 bridgehead atoms. The lowest BCUT2D eigenvalue weighted by Gasteiger charge is -2.00. The summed E-state index contributed by atoms with van der Waals surface area (Å²) < 4.78 is 2.16. The Hall–Kier alpha value is -2.64. The van der Waals surface area contributed by atoms with Gasteiger partial charge in [0.25, 0.3) is 5.56 Å². The zero-order chi connectivity index (χ0) is 13.4. The summed E-state index contributed by atoms with van der Waals surface area (Å²) in [6.45, 7) is 0. The maximum Gasteiger partial charge on any atom is 0.332 e. The summed E-state index contributed by atoms with van der Waals surface area (Å²) >= 11 is 0. The van der Waals surface area contributed by atoms with Crippen LogP contribution in [-0.4, -0.2) is 30.2 Å². The third kappa shape index (κ3) is 1.73. The van der Waals surface area contributed by atoms with Crippen LogP contribution < -0.4 is 11.2 Å². The molecule has 0 aromatic carbocycles. The summed E-state index contributed by atoms with van der Waals surface area (Å²) in [4.78, 5) is 40.5. The van der Waals surface area contributed by atoms with Crippen molar-refractivity contribution in [3.05, 3.63) is 32.7 Å². The molecule has 0 saturated carbocycles. The van der Waals surface area contributed by atoms with E-state index in [2.05, 4.69) is 9.97 Å². The van der Waals surface area contributed by atoms with Crippen molar-refractivity contribution in [2.75, 3.05) is 0 Å². The molecule has 2 aromatic heterocycles. The van der Waals surface area contributed by atoms with Gasteiger partial charge < -0.3 is 10.1 Å². The Morgan fingerprint density at radius 3 is 2.61 bits per heavy atom. The molecule has 0 fully saturated rings. The smallest absolute Gasteiger partial charge is 0.332 e. The predicted octanol–water partition coefficient (Wildman–Crippen LogP) is -0.942. The molecule has 0 spiro atoms. The van der Waals surface area contributed by atoms with Crippen LogP contribution in [0.15, 0.2) is 15.7 Å². The first-order valence-corrected chi connectivity index (χ1v) is 4.98. The molecule has 0 aliphatic carbocycles. The van der Waals surface area contributed by atoms with Crippen LogP contribution in [-0.2, 0) is 18.9 Å². The number of nitrogens with one attached hydrogen (secondary N) is 1. The van der Waals surface area contributed by atoms with Crippen LogP contribution in [0.3, 0.4) is 0 Å². The van der Waals surface area contributed by atoms with Gasteiger partial charge in [-0.15, -0.1) is 0 Å². The Morgan fingerprint density at radius 1 is 1.33 bits per heavy atom. The summed E-state index contributed by atoms with van der Waals surface area (Å²) in [5, 5.41) is 8.50. The fraction of sp³-hybridized carbons (Fsp3) is 0.200. The van der Waals surface area contributed by atoms with Crippen LogP contribution in [0.25, 0.3) is 17.2 Å². The molecule has 0 amide bonds. The van der Waals surface area contributed by atoms with E-state index in [1.807, 2.05) is 0 Å². The van der Waals surface area contributed by atoms with Crippen molar-refractivity contribution in [2.24, 2.45) is 14.1 Å². The van der Waals surface area contributed by atoms with Crippen LogP contribution in [0, 0.1) is 0 Å². The van der Waals surface area contributed by atoms with E-state index >= 15 is 0 Å². The van der Waals surface area contributed by atoms with E-state index in [0.29, 0.717) is 0 Å². The number of carboxylic acids is 1. The van der Waals surface area contributed by atoms with Crippen LogP contribution in [0.5, 0.6) is 0 Å². The number of aromatic nitrogens is 4. The monoisotopic (exact) mass is 250 g/mol. The highest BCUT2D eigenvalue weighted by Gasteiger charge is 2.12. The number of hydrogen-bond donors (Lipinski definition) is 2. The average molecular weight is 250 g/mol. The van der Waals surface area contributed by atoms with Gasteiger partial charge in [-0.25, -0.2) is 14.6 Å². The SMILES string of the molecule is Cn1c(=O)c2[nH]c(/C=C/C(=O)O)nc2n(C)c1=O. The summed E-state index contributed by atoms with van der Waals surface area (Å²) in [7, 11) is 2.84. The molecule has 8 heteroatoms. The van der Waals surface area contributed by atoms with E-state index in [1.54, 1.807) is 0 Å². The zero-order valence-electron chi connectivity index (χ0n) is 9.67. The van der Waals surface area contributed by atoms with E-state index in [0.717, 1.165) is 10.6 Å². The van der Waals surface area contributed by atoms with Gasteiger partial charge in [-0.1, -0.05) is 0 Å². The molecule has 2 aromatic rings. The van der Waals surface area contributed by atoms with Crippen molar-refractivity contribution in [2.45, 2.75) is 0 Å². The number of imidazole rings is 1. The maximum atomic E-state index is 11.8. The quantitative estimate of drug-likeness (QED) is 0.668. The third-order valence-electron chi connectivity index (χ3n) is 2.50. The summed E-state index contributed by atoms with van der Waals surface area (Å²) in [5.74, 6) is -0.928. The molecule has 0 unspecified atom stereocenters. The first-order valence-electron chi connectivity index (χ1n) is 4.98. The van der Waals surface area contributed by atoms with Gasteiger partial charge in [0.2, 0.25) is 0 Å². The Labute approximate surface area is 99.8 Å². The number of aliphatic carboxylic acids is 1. The van der Waals surface area contributed by atoms with E-state index in [-0.39, 0.29) is 17.0 Å². The minimum Gasteiger partial charge on any atom is -0.478 e. The number of aryl methyl sites for hydroxylation is 1. The second kappa shape index (κ2) is 3.99. The van der Waals surface area contributed by atoms with Crippen LogP contribution in [0.2, 0.25) is 0 Å². The lowest BCUT2D eigenvalue weighted by Crippen LogP contribution is -2.36. The fourth-order valence-electron chi connectivity index (χ4n) is 1.57. The number of nitrogens with zero attached hydrogens (tertiary/aromatic N) is 3. The molecule has 0 radical (unpaired) electrons. The maximum absolute atomic E-state index is 11.8. The van der Waals surface area contributed by atoms with Crippen LogP contribution >= 0.6 is 0 Å². The topological polar surface area (TPSA) is 110 Å². The van der Waals surface area contributed by atoms with E-state index < -0.39 is 17.2 Å². The highest BCUT2D eigenvalue weighted by Crippen LogP contribution is 2.05. The molecule has 0 aliphatic rings. The van der Waals surface area contributed by atoms with Gasteiger partial charge in [0, 0.05) is 20.2 Å². The van der Waals surface area contributed by atoms with Crippen molar-refractivity contribution in [1.82, 2.24) is 19.1 Å². The van der Waals surface area contributed by atoms with Crippen molar-refractivity contribution in [3.8, 4) is 0 Å². The molecule has 0 aliphatic heterocycles. The Bertz CT molecular complexity index is 777. The van der Waals surface area contributed by atoms with Gasteiger partial charge in [0.05, 0.1) is 0 Å². The Kier molecular flexibility index (Phi) is 2.62. The molecule has 0 atom stereocenters. The van der Waals surface area contributed by atoms with Crippen molar-refractivity contribution in [3.63, 3.8) is 0 Å². The van der Waals surface area contributed by atoms with Crippen LogP contribution in [0.4, 0.5) is 0 Å². The number of fused-ring (bicyclic) bond motifs is 1. The van der Waals surface area contributed by atoms with Gasteiger partial charge in [0.1, 0.15) is 11.3 Å². The van der Waals surface area contributed by atoms with Crippen molar-refractivity contribution in [1.29, 1.82) is 0 Å². The minimum absolute atomic E-state index is 0.157. The molecule has 0 saturated heterocycles. The number of hydrogen-bond acceptors (Lipinski definition) is 4. The number of carboxylic acid groups (broad SMARTS) is 1. The Morgan fingerprint density at radius 2 is 2.00 bits per heavy atom. The fourth-order valence-corrected chi connectivity index (χ4v) is 1.57. The molecule has 2 N–H and O–H groups in total.